The minimum Gasteiger partial charge on any atom is -0.486 e. The van der Waals surface area contributed by atoms with Crippen LogP contribution in [0.3, 0.4) is 0 Å². The number of ether oxygens (including phenoxy) is 2. The number of para-hydroxylation sites is 2. The number of nitrogens with one attached hydrogen (secondary N) is 1. The molecule has 5 nitrogen and oxygen atoms in total. The lowest BCUT2D eigenvalue weighted by molar-refractivity contribution is 0.0943. The first-order valence-electron chi connectivity index (χ1n) is 7.10. The second kappa shape index (κ2) is 6.51. The highest BCUT2D eigenvalue weighted by Crippen LogP contribution is 2.31. The van der Waals surface area contributed by atoms with Crippen LogP contribution in [0.15, 0.2) is 51.8 Å². The average Bonchev–Trinajstić information content (AvgIpc) is 2.52. The van der Waals surface area contributed by atoms with E-state index in [1.165, 1.54) is 0 Å². The van der Waals surface area contributed by atoms with E-state index in [-0.39, 0.29) is 17.5 Å². The van der Waals surface area contributed by atoms with E-state index in [2.05, 4.69) is 20.7 Å². The third-order valence-corrected chi connectivity index (χ3v) is 5.85. The Balaban J connectivity index is 1.68. The molecule has 1 aliphatic rings. The number of fused-ring (bicyclic) bond motifs is 1. The molecule has 0 saturated carbocycles. The van der Waals surface area contributed by atoms with E-state index >= 15 is 0 Å². The Morgan fingerprint density at radius 3 is 2.70 bits per heavy atom. The van der Waals surface area contributed by atoms with Gasteiger partial charge in [0.2, 0.25) is 10.0 Å². The number of halogens is 1. The van der Waals surface area contributed by atoms with Crippen molar-refractivity contribution in [2.24, 2.45) is 0 Å². The van der Waals surface area contributed by atoms with Crippen molar-refractivity contribution in [3.8, 4) is 11.5 Å². The van der Waals surface area contributed by atoms with Crippen LogP contribution in [0.5, 0.6) is 11.5 Å². The van der Waals surface area contributed by atoms with Crippen molar-refractivity contribution in [1.82, 2.24) is 4.72 Å². The van der Waals surface area contributed by atoms with Gasteiger partial charge < -0.3 is 9.47 Å². The molecular formula is C16H16BrNO4S. The van der Waals surface area contributed by atoms with Crippen LogP contribution in [0.2, 0.25) is 0 Å². The fourth-order valence-electron chi connectivity index (χ4n) is 2.27. The highest BCUT2D eigenvalue weighted by atomic mass is 79.9. The molecule has 0 amide bonds. The smallest absolute Gasteiger partial charge is 0.241 e. The van der Waals surface area contributed by atoms with Crippen molar-refractivity contribution in [1.29, 1.82) is 0 Å². The summed E-state index contributed by atoms with van der Waals surface area (Å²) in [7, 11) is -3.62. The van der Waals surface area contributed by atoms with E-state index < -0.39 is 10.0 Å². The average molecular weight is 398 g/mol. The van der Waals surface area contributed by atoms with Crippen LogP contribution in [0.25, 0.3) is 0 Å². The molecule has 23 heavy (non-hydrogen) atoms. The largest absolute Gasteiger partial charge is 0.486 e. The first-order chi connectivity index (χ1) is 11.0. The van der Waals surface area contributed by atoms with E-state index in [4.69, 9.17) is 9.47 Å². The third kappa shape index (κ3) is 3.68. The van der Waals surface area contributed by atoms with Crippen molar-refractivity contribution in [3.63, 3.8) is 0 Å². The van der Waals surface area contributed by atoms with Gasteiger partial charge in [-0.05, 0) is 52.7 Å². The van der Waals surface area contributed by atoms with E-state index in [9.17, 15) is 8.42 Å². The predicted octanol–water partition coefficient (Wildman–Crippen LogP) is 2.88. The number of rotatable bonds is 4. The maximum absolute atomic E-state index is 12.4. The molecule has 2 aromatic carbocycles. The molecular weight excluding hydrogens is 382 g/mol. The maximum atomic E-state index is 12.4. The normalized spacial score (nSPS) is 17.0. The molecule has 1 atom stereocenters. The standard InChI is InChI=1S/C16H16BrNO4S/c1-11-6-7-16(13(17)8-11)23(19,20)18-9-12-10-21-14-4-2-3-5-15(14)22-12/h2-8,12,18H,9-10H2,1H3. The van der Waals surface area contributed by atoms with E-state index in [1.807, 2.05) is 25.1 Å². The van der Waals surface area contributed by atoms with Crippen molar-refractivity contribution in [3.05, 3.63) is 52.5 Å². The molecule has 1 heterocycles. The summed E-state index contributed by atoms with van der Waals surface area (Å²) in [6, 6.07) is 12.4. The van der Waals surface area contributed by atoms with Crippen molar-refractivity contribution < 1.29 is 17.9 Å². The van der Waals surface area contributed by atoms with Gasteiger partial charge in [-0.2, -0.15) is 0 Å². The van der Waals surface area contributed by atoms with Crippen LogP contribution < -0.4 is 14.2 Å². The second-order valence-corrected chi connectivity index (χ2v) is 7.87. The lowest BCUT2D eigenvalue weighted by Crippen LogP contribution is -2.40. The molecule has 0 bridgehead atoms. The molecule has 0 radical (unpaired) electrons. The number of hydrogen-bond acceptors (Lipinski definition) is 4. The fourth-order valence-corrected chi connectivity index (χ4v) is 4.52. The van der Waals surface area contributed by atoms with Crippen LogP contribution in [-0.2, 0) is 10.0 Å². The van der Waals surface area contributed by atoms with Gasteiger partial charge >= 0.3 is 0 Å². The molecule has 3 rings (SSSR count). The monoisotopic (exact) mass is 397 g/mol. The Labute approximate surface area is 143 Å². The summed E-state index contributed by atoms with van der Waals surface area (Å²) in [5.74, 6) is 1.30. The van der Waals surface area contributed by atoms with Crippen LogP contribution in [-0.4, -0.2) is 27.7 Å². The summed E-state index contributed by atoms with van der Waals surface area (Å²) in [6.07, 6.45) is -0.371. The zero-order chi connectivity index (χ0) is 16.4. The van der Waals surface area contributed by atoms with Gasteiger partial charge in [0, 0.05) is 4.47 Å². The Hall–Kier alpha value is -1.57. The van der Waals surface area contributed by atoms with E-state index in [0.29, 0.717) is 22.6 Å². The lowest BCUT2D eigenvalue weighted by atomic mass is 10.2. The summed E-state index contributed by atoms with van der Waals surface area (Å²) in [5.41, 5.74) is 0.983. The van der Waals surface area contributed by atoms with Gasteiger partial charge in [-0.1, -0.05) is 18.2 Å². The Morgan fingerprint density at radius 1 is 1.22 bits per heavy atom. The molecule has 7 heteroatoms. The maximum Gasteiger partial charge on any atom is 0.241 e. The zero-order valence-corrected chi connectivity index (χ0v) is 14.9. The van der Waals surface area contributed by atoms with Crippen LogP contribution in [0.1, 0.15) is 5.56 Å². The topological polar surface area (TPSA) is 64.6 Å². The van der Waals surface area contributed by atoms with Gasteiger partial charge in [-0.25, -0.2) is 13.1 Å². The Morgan fingerprint density at radius 2 is 1.96 bits per heavy atom. The van der Waals surface area contributed by atoms with E-state index in [0.717, 1.165) is 5.56 Å². The second-order valence-electron chi connectivity index (χ2n) is 5.28. The molecule has 0 aliphatic carbocycles. The highest BCUT2D eigenvalue weighted by Gasteiger charge is 2.24. The Bertz CT molecular complexity index is 823. The first kappa shape index (κ1) is 16.3. The summed E-state index contributed by atoms with van der Waals surface area (Å²) < 4.78 is 39.3. The van der Waals surface area contributed by atoms with Crippen LogP contribution in [0.4, 0.5) is 0 Å². The van der Waals surface area contributed by atoms with Gasteiger partial charge in [0.1, 0.15) is 12.7 Å². The zero-order valence-electron chi connectivity index (χ0n) is 12.5. The molecule has 0 saturated heterocycles. The predicted molar refractivity (Wildman–Crippen MR) is 90.4 cm³/mol. The number of benzene rings is 2. The number of aryl methyl sites for hydroxylation is 1. The van der Waals surface area contributed by atoms with Gasteiger partial charge in [0.05, 0.1) is 11.4 Å². The lowest BCUT2D eigenvalue weighted by Gasteiger charge is -2.26. The summed E-state index contributed by atoms with van der Waals surface area (Å²) in [6.45, 7) is 2.34. The third-order valence-electron chi connectivity index (χ3n) is 3.45. The van der Waals surface area contributed by atoms with E-state index in [1.54, 1.807) is 24.3 Å². The SMILES string of the molecule is Cc1ccc(S(=O)(=O)NCC2COc3ccccc3O2)c(Br)c1. The molecule has 122 valence electrons. The van der Waals surface area contributed by atoms with Crippen molar-refractivity contribution >= 4 is 26.0 Å². The minimum atomic E-state index is -3.62. The minimum absolute atomic E-state index is 0.136. The first-order valence-corrected chi connectivity index (χ1v) is 9.37. The fraction of sp³-hybridized carbons (Fsp3) is 0.250. The van der Waals surface area contributed by atoms with Crippen molar-refractivity contribution in [2.75, 3.05) is 13.2 Å². The summed E-state index contributed by atoms with van der Waals surface area (Å²) in [4.78, 5) is 0.209. The van der Waals surface area contributed by atoms with Gasteiger partial charge in [0.25, 0.3) is 0 Å². The van der Waals surface area contributed by atoms with Crippen molar-refractivity contribution in [2.45, 2.75) is 17.9 Å². The molecule has 0 spiro atoms. The quantitative estimate of drug-likeness (QED) is 0.861. The van der Waals surface area contributed by atoms with Crippen LogP contribution in [0, 0.1) is 6.92 Å². The Kier molecular flexibility index (Phi) is 4.61. The summed E-state index contributed by atoms with van der Waals surface area (Å²) >= 11 is 3.30. The number of hydrogen-bond donors (Lipinski definition) is 1. The molecule has 0 fully saturated rings. The molecule has 1 aliphatic heterocycles. The van der Waals surface area contributed by atoms with Crippen LogP contribution >= 0.6 is 15.9 Å². The highest BCUT2D eigenvalue weighted by molar-refractivity contribution is 9.10. The molecule has 1 unspecified atom stereocenters. The molecule has 2 aromatic rings. The van der Waals surface area contributed by atoms with Gasteiger partial charge in [-0.3, -0.25) is 0 Å². The van der Waals surface area contributed by atoms with Gasteiger partial charge in [-0.15, -0.1) is 0 Å². The van der Waals surface area contributed by atoms with Gasteiger partial charge in [0.15, 0.2) is 11.5 Å². The molecule has 1 N–H and O–H groups in total. The number of sulfonamides is 1. The molecule has 0 aromatic heterocycles. The summed E-state index contributed by atoms with van der Waals surface area (Å²) in [5, 5.41) is 0.